The van der Waals surface area contributed by atoms with E-state index in [4.69, 9.17) is 4.74 Å². The van der Waals surface area contributed by atoms with E-state index in [0.717, 1.165) is 0 Å². The smallest absolute Gasteiger partial charge is 0.250 e. The van der Waals surface area contributed by atoms with Gasteiger partial charge in [-0.15, -0.1) is 0 Å². The summed E-state index contributed by atoms with van der Waals surface area (Å²) < 4.78 is 31.6. The third kappa shape index (κ3) is 4.68. The number of nitrogens with one attached hydrogen (secondary N) is 2. The summed E-state index contributed by atoms with van der Waals surface area (Å²) >= 11 is 0. The molecule has 2 N–H and O–H groups in total. The van der Waals surface area contributed by atoms with Crippen molar-refractivity contribution >= 4 is 15.7 Å². The standard InChI is InChI=1S/C12H20N2O4S/c1-8(2)11(18-4)7-19(16,17)14-10-5-9(3)12(15)13-6-10/h5-6,8,11,14H,7H2,1-4H3,(H,13,15)/t11-/m1/s1. The Morgan fingerprint density at radius 1 is 1.42 bits per heavy atom. The van der Waals surface area contributed by atoms with Crippen molar-refractivity contribution in [1.29, 1.82) is 0 Å². The van der Waals surface area contributed by atoms with Gasteiger partial charge in [0.1, 0.15) is 0 Å². The van der Waals surface area contributed by atoms with Crippen LogP contribution in [0.25, 0.3) is 0 Å². The summed E-state index contributed by atoms with van der Waals surface area (Å²) in [6, 6.07) is 1.49. The van der Waals surface area contributed by atoms with Gasteiger partial charge >= 0.3 is 0 Å². The molecule has 0 radical (unpaired) electrons. The molecule has 0 aromatic carbocycles. The molecule has 0 saturated heterocycles. The molecule has 0 aliphatic carbocycles. The van der Waals surface area contributed by atoms with Gasteiger partial charge in [0.2, 0.25) is 10.0 Å². The lowest BCUT2D eigenvalue weighted by molar-refractivity contribution is 0.0829. The molecule has 0 aliphatic rings. The normalized spacial score (nSPS) is 13.5. The van der Waals surface area contributed by atoms with E-state index in [1.807, 2.05) is 13.8 Å². The monoisotopic (exact) mass is 288 g/mol. The van der Waals surface area contributed by atoms with Crippen LogP contribution in [0.4, 0.5) is 5.69 Å². The van der Waals surface area contributed by atoms with Crippen LogP contribution in [0.1, 0.15) is 19.4 Å². The number of ether oxygens (including phenoxy) is 1. The van der Waals surface area contributed by atoms with Crippen LogP contribution in [-0.2, 0) is 14.8 Å². The fraction of sp³-hybridized carbons (Fsp3) is 0.583. The van der Waals surface area contributed by atoms with Crippen molar-refractivity contribution in [1.82, 2.24) is 4.98 Å². The lowest BCUT2D eigenvalue weighted by atomic mass is 10.1. The fourth-order valence-electron chi connectivity index (χ4n) is 1.63. The average Bonchev–Trinajstić information content (AvgIpc) is 2.30. The van der Waals surface area contributed by atoms with Gasteiger partial charge in [0, 0.05) is 18.9 Å². The first-order valence-electron chi connectivity index (χ1n) is 5.98. The van der Waals surface area contributed by atoms with Gasteiger partial charge in [0.15, 0.2) is 0 Å². The van der Waals surface area contributed by atoms with Gasteiger partial charge in [-0.3, -0.25) is 9.52 Å². The van der Waals surface area contributed by atoms with Gasteiger partial charge in [0.05, 0.1) is 17.5 Å². The minimum Gasteiger partial charge on any atom is -0.380 e. The van der Waals surface area contributed by atoms with Gasteiger partial charge in [-0.25, -0.2) is 8.42 Å². The van der Waals surface area contributed by atoms with Crippen LogP contribution in [0, 0.1) is 12.8 Å². The number of sulfonamides is 1. The van der Waals surface area contributed by atoms with Crippen molar-refractivity contribution in [2.24, 2.45) is 5.92 Å². The van der Waals surface area contributed by atoms with Crippen molar-refractivity contribution < 1.29 is 13.2 Å². The average molecular weight is 288 g/mol. The molecule has 7 heteroatoms. The van der Waals surface area contributed by atoms with E-state index >= 15 is 0 Å². The number of pyridine rings is 1. The van der Waals surface area contributed by atoms with E-state index in [2.05, 4.69) is 9.71 Å². The van der Waals surface area contributed by atoms with Gasteiger partial charge < -0.3 is 9.72 Å². The number of anilines is 1. The molecular weight excluding hydrogens is 268 g/mol. The van der Waals surface area contributed by atoms with Crippen molar-refractivity contribution in [3.63, 3.8) is 0 Å². The molecule has 1 atom stereocenters. The molecule has 1 rings (SSSR count). The molecule has 6 nitrogen and oxygen atoms in total. The zero-order valence-electron chi connectivity index (χ0n) is 11.6. The van der Waals surface area contributed by atoms with Crippen LogP contribution in [0.3, 0.4) is 0 Å². The van der Waals surface area contributed by atoms with Crippen molar-refractivity contribution in [2.75, 3.05) is 17.6 Å². The summed E-state index contributed by atoms with van der Waals surface area (Å²) in [4.78, 5) is 13.7. The number of methoxy groups -OCH3 is 1. The number of aromatic amines is 1. The third-order valence-corrected chi connectivity index (χ3v) is 4.11. The van der Waals surface area contributed by atoms with Crippen molar-refractivity contribution in [2.45, 2.75) is 26.9 Å². The molecule has 0 amide bonds. The predicted octanol–water partition coefficient (Wildman–Crippen LogP) is 1.10. The van der Waals surface area contributed by atoms with Crippen LogP contribution in [0.2, 0.25) is 0 Å². The Labute approximate surface area is 113 Å². The number of hydrogen-bond donors (Lipinski definition) is 2. The molecule has 19 heavy (non-hydrogen) atoms. The Morgan fingerprint density at radius 2 is 2.05 bits per heavy atom. The highest BCUT2D eigenvalue weighted by Gasteiger charge is 2.21. The topological polar surface area (TPSA) is 88.3 Å². The molecule has 0 spiro atoms. The van der Waals surface area contributed by atoms with E-state index in [1.54, 1.807) is 6.92 Å². The molecule has 1 aromatic heterocycles. The molecule has 1 aromatic rings. The highest BCUT2D eigenvalue weighted by atomic mass is 32.2. The number of aryl methyl sites for hydroxylation is 1. The largest absolute Gasteiger partial charge is 0.380 e. The third-order valence-electron chi connectivity index (χ3n) is 2.79. The maximum Gasteiger partial charge on any atom is 0.250 e. The van der Waals surface area contributed by atoms with Gasteiger partial charge in [-0.1, -0.05) is 13.8 Å². The maximum absolute atomic E-state index is 12.0. The van der Waals surface area contributed by atoms with E-state index in [-0.39, 0.29) is 23.3 Å². The Balaban J connectivity index is 2.84. The second-order valence-corrected chi connectivity index (χ2v) is 6.57. The predicted molar refractivity (Wildman–Crippen MR) is 74.8 cm³/mol. The van der Waals surface area contributed by atoms with E-state index in [0.29, 0.717) is 11.3 Å². The van der Waals surface area contributed by atoms with Crippen molar-refractivity contribution in [3.05, 3.63) is 28.2 Å². The quantitative estimate of drug-likeness (QED) is 0.820. The first kappa shape index (κ1) is 15.7. The highest BCUT2D eigenvalue weighted by molar-refractivity contribution is 7.92. The Bertz CT molecular complexity index is 578. The van der Waals surface area contributed by atoms with Gasteiger partial charge in [-0.2, -0.15) is 0 Å². The van der Waals surface area contributed by atoms with E-state index < -0.39 is 10.0 Å². The second kappa shape index (κ2) is 6.21. The molecule has 108 valence electrons. The summed E-state index contributed by atoms with van der Waals surface area (Å²) in [5.41, 5.74) is 0.558. The van der Waals surface area contributed by atoms with E-state index in [1.165, 1.54) is 19.4 Å². The van der Waals surface area contributed by atoms with Crippen LogP contribution in [0.5, 0.6) is 0 Å². The zero-order valence-corrected chi connectivity index (χ0v) is 12.4. The number of H-pyrrole nitrogens is 1. The summed E-state index contributed by atoms with van der Waals surface area (Å²) in [6.45, 7) is 5.41. The molecule has 0 bridgehead atoms. The Morgan fingerprint density at radius 3 is 2.53 bits per heavy atom. The molecule has 0 saturated carbocycles. The molecule has 0 fully saturated rings. The lowest BCUT2D eigenvalue weighted by Gasteiger charge is -2.19. The van der Waals surface area contributed by atoms with Crippen molar-refractivity contribution in [3.8, 4) is 0 Å². The fourth-order valence-corrected chi connectivity index (χ4v) is 3.14. The number of rotatable bonds is 6. The summed E-state index contributed by atoms with van der Waals surface area (Å²) in [7, 11) is -2.03. The highest BCUT2D eigenvalue weighted by Crippen LogP contribution is 2.12. The summed E-state index contributed by atoms with van der Waals surface area (Å²) in [5, 5.41) is 0. The SMILES string of the molecule is CO[C@H](CS(=O)(=O)Nc1c[nH]c(=O)c(C)c1)C(C)C. The number of hydrogen-bond acceptors (Lipinski definition) is 4. The summed E-state index contributed by atoms with van der Waals surface area (Å²) in [6.07, 6.45) is 0.964. The first-order valence-corrected chi connectivity index (χ1v) is 7.63. The van der Waals surface area contributed by atoms with E-state index in [9.17, 15) is 13.2 Å². The maximum atomic E-state index is 12.0. The van der Waals surface area contributed by atoms with Crippen LogP contribution >= 0.6 is 0 Å². The molecule has 0 aliphatic heterocycles. The van der Waals surface area contributed by atoms with Gasteiger partial charge in [0.25, 0.3) is 5.56 Å². The number of aromatic nitrogens is 1. The Kier molecular flexibility index (Phi) is 5.13. The second-order valence-electron chi connectivity index (χ2n) is 4.80. The minimum absolute atomic E-state index is 0.0962. The zero-order chi connectivity index (χ0) is 14.6. The molecular formula is C12H20N2O4S. The van der Waals surface area contributed by atoms with Crippen LogP contribution in [0.15, 0.2) is 17.1 Å². The molecule has 0 unspecified atom stereocenters. The lowest BCUT2D eigenvalue weighted by Crippen LogP contribution is -2.31. The molecule has 1 heterocycles. The summed E-state index contributed by atoms with van der Waals surface area (Å²) in [5.74, 6) is -0.0295. The van der Waals surface area contributed by atoms with Crippen LogP contribution in [-0.4, -0.2) is 32.4 Å². The minimum atomic E-state index is -3.52. The van der Waals surface area contributed by atoms with Crippen LogP contribution < -0.4 is 10.3 Å². The van der Waals surface area contributed by atoms with Gasteiger partial charge in [-0.05, 0) is 18.9 Å². The Hall–Kier alpha value is -1.34. The first-order chi connectivity index (χ1) is 8.75.